The van der Waals surface area contributed by atoms with Gasteiger partial charge in [-0.05, 0) is 48.5 Å². The fourth-order valence-corrected chi connectivity index (χ4v) is 6.84. The van der Waals surface area contributed by atoms with Gasteiger partial charge in [0.1, 0.15) is 29.9 Å². The van der Waals surface area contributed by atoms with E-state index in [1.165, 1.54) is 23.5 Å². The highest BCUT2D eigenvalue weighted by Gasteiger charge is 2.47. The van der Waals surface area contributed by atoms with E-state index < -0.39 is 77.4 Å². The smallest absolute Gasteiger partial charge is 0.326 e. The lowest BCUT2D eigenvalue weighted by atomic mass is 9.92. The van der Waals surface area contributed by atoms with Crippen molar-refractivity contribution < 1.29 is 38.7 Å². The summed E-state index contributed by atoms with van der Waals surface area (Å²) in [5.41, 5.74) is 0.692. The maximum Gasteiger partial charge on any atom is 0.326 e. The Balaban J connectivity index is 1.50. The quantitative estimate of drug-likeness (QED) is 0.132. The van der Waals surface area contributed by atoms with Gasteiger partial charge in [-0.1, -0.05) is 84.2 Å². The van der Waals surface area contributed by atoms with Gasteiger partial charge >= 0.3 is 5.97 Å². The first-order valence-electron chi connectivity index (χ1n) is 18.8. The third-order valence-electron chi connectivity index (χ3n) is 9.99. The third-order valence-corrected chi connectivity index (χ3v) is 9.99. The fraction of sp³-hybridized carbons (Fsp3) is 0.564. The van der Waals surface area contributed by atoms with Crippen molar-refractivity contribution in [3.8, 4) is 0 Å². The number of hydrogen-bond acceptors (Lipinski definition) is 9. The highest BCUT2D eigenvalue weighted by molar-refractivity contribution is 6.38. The second-order valence-electron chi connectivity index (χ2n) is 15.0. The summed E-state index contributed by atoms with van der Waals surface area (Å²) in [6.45, 7) is 9.10. The highest BCUT2D eigenvalue weighted by Crippen LogP contribution is 2.40. The number of amides is 5. The number of carboxylic acids is 1. The van der Waals surface area contributed by atoms with Crippen LogP contribution in [0.5, 0.6) is 0 Å². The van der Waals surface area contributed by atoms with Gasteiger partial charge in [-0.3, -0.25) is 33.8 Å². The van der Waals surface area contributed by atoms with Crippen LogP contribution in [0.1, 0.15) is 89.2 Å². The van der Waals surface area contributed by atoms with Crippen molar-refractivity contribution in [2.75, 3.05) is 6.54 Å². The van der Waals surface area contributed by atoms with Crippen LogP contribution in [-0.2, 0) is 35.2 Å². The Kier molecular flexibility index (Phi) is 14.8. The van der Waals surface area contributed by atoms with E-state index in [0.29, 0.717) is 30.7 Å². The van der Waals surface area contributed by atoms with E-state index in [-0.39, 0.29) is 36.9 Å². The number of rotatable bonds is 19. The Morgan fingerprint density at radius 2 is 1.54 bits per heavy atom. The maximum atomic E-state index is 14.3. The number of carbonyl (C=O) groups excluding carboxylic acids is 6. The molecule has 6 atom stereocenters. The van der Waals surface area contributed by atoms with Gasteiger partial charge in [0, 0.05) is 25.4 Å². The maximum absolute atomic E-state index is 14.3. The molecule has 292 valence electrons. The minimum absolute atomic E-state index is 0.0336. The summed E-state index contributed by atoms with van der Waals surface area (Å²) >= 11 is 0. The number of carboxylic acid groups (broad SMARTS) is 1. The average Bonchev–Trinajstić information content (AvgIpc) is 3.87. The number of aliphatic carboxylic acids is 1. The van der Waals surface area contributed by atoms with Crippen molar-refractivity contribution in [2.24, 2.45) is 23.7 Å². The normalized spacial score (nSPS) is 19.0. The number of likely N-dealkylation sites (tertiary alicyclic amines) is 1. The molecular formula is C39H53N7O8. The molecule has 1 aromatic carbocycles. The van der Waals surface area contributed by atoms with Gasteiger partial charge in [0.25, 0.3) is 11.8 Å². The van der Waals surface area contributed by atoms with Gasteiger partial charge < -0.3 is 31.3 Å². The highest BCUT2D eigenvalue weighted by atomic mass is 16.4. The van der Waals surface area contributed by atoms with E-state index in [0.717, 1.165) is 12.8 Å². The van der Waals surface area contributed by atoms with Crippen molar-refractivity contribution in [1.29, 1.82) is 0 Å². The fourth-order valence-electron chi connectivity index (χ4n) is 6.84. The molecule has 5 amide bonds. The van der Waals surface area contributed by atoms with Crippen molar-refractivity contribution in [1.82, 2.24) is 36.1 Å². The van der Waals surface area contributed by atoms with E-state index >= 15 is 0 Å². The van der Waals surface area contributed by atoms with Gasteiger partial charge in [0.2, 0.25) is 23.5 Å². The van der Waals surface area contributed by atoms with E-state index in [1.807, 2.05) is 0 Å². The van der Waals surface area contributed by atoms with Crippen LogP contribution in [-0.4, -0.2) is 98.0 Å². The largest absolute Gasteiger partial charge is 0.480 e. The molecule has 0 radical (unpaired) electrons. The van der Waals surface area contributed by atoms with Crippen molar-refractivity contribution >= 4 is 41.3 Å². The molecule has 1 saturated heterocycles. The summed E-state index contributed by atoms with van der Waals surface area (Å²) in [4.78, 5) is 103. The van der Waals surface area contributed by atoms with Gasteiger partial charge in [0.15, 0.2) is 0 Å². The van der Waals surface area contributed by atoms with Crippen LogP contribution in [0.3, 0.4) is 0 Å². The lowest BCUT2D eigenvalue weighted by Gasteiger charge is -2.34. The SMILES string of the molecule is CCC[C@H](NC(=O)[C@@H]1[C@@H](CC2CC2)CCN1C(=O)[C@@H](NC(=O)[C@@H](NC(=O)c1cnccn1)C(C)C)C(C)C)C(=O)C(=O)N[C@@H](Cc1ccccc1)C(=O)O. The standard InChI is InChI=1S/C39H53N7O8/c1-6-10-27(33(47)37(51)43-28(39(53)54)20-24-11-8-7-9-12-24)42-36(50)32-26(19-25-13-14-25)15-18-46(32)38(52)31(23(4)5)45-35(49)30(22(2)3)44-34(48)29-21-40-16-17-41-29/h7-9,11-12,16-17,21-23,25-28,30-32H,6,10,13-15,18-20H2,1-5H3,(H,42,50)(H,43,51)(H,44,48)(H,45,49)(H,53,54)/t26-,27+,28+,30+,31+,32+/m1/s1. The van der Waals surface area contributed by atoms with E-state index in [4.69, 9.17) is 0 Å². The summed E-state index contributed by atoms with van der Waals surface area (Å²) in [5, 5.41) is 20.4. The zero-order valence-electron chi connectivity index (χ0n) is 31.6. The first-order valence-corrected chi connectivity index (χ1v) is 18.8. The molecule has 4 rings (SSSR count). The molecule has 2 heterocycles. The molecule has 54 heavy (non-hydrogen) atoms. The number of ketones is 1. The minimum atomic E-state index is -1.37. The van der Waals surface area contributed by atoms with Crippen LogP contribution in [0.4, 0.5) is 0 Å². The summed E-state index contributed by atoms with van der Waals surface area (Å²) in [6.07, 6.45) is 7.86. The van der Waals surface area contributed by atoms with Crippen LogP contribution < -0.4 is 21.3 Å². The summed E-state index contributed by atoms with van der Waals surface area (Å²) in [7, 11) is 0. The molecule has 1 saturated carbocycles. The molecule has 0 spiro atoms. The monoisotopic (exact) mass is 747 g/mol. The Morgan fingerprint density at radius 1 is 0.852 bits per heavy atom. The molecule has 0 unspecified atom stereocenters. The van der Waals surface area contributed by atoms with Crippen LogP contribution >= 0.6 is 0 Å². The Morgan fingerprint density at radius 3 is 2.11 bits per heavy atom. The van der Waals surface area contributed by atoms with E-state index in [2.05, 4.69) is 31.2 Å². The summed E-state index contributed by atoms with van der Waals surface area (Å²) in [6, 6.07) is 3.06. The number of Topliss-reactive ketones (excluding diaryl/α,β-unsaturated/α-hetero) is 1. The number of benzene rings is 1. The second kappa shape index (κ2) is 19.2. The van der Waals surface area contributed by atoms with Crippen LogP contribution in [0.25, 0.3) is 0 Å². The summed E-state index contributed by atoms with van der Waals surface area (Å²) in [5.74, 6) is -6.18. The lowest BCUT2D eigenvalue weighted by Crippen LogP contribution is -2.60. The van der Waals surface area contributed by atoms with Crippen molar-refractivity contribution in [3.05, 3.63) is 60.2 Å². The Hall–Kier alpha value is -5.21. The van der Waals surface area contributed by atoms with Crippen LogP contribution in [0, 0.1) is 23.7 Å². The van der Waals surface area contributed by atoms with Gasteiger partial charge in [-0.2, -0.15) is 0 Å². The number of aromatic nitrogens is 2. The molecule has 1 aliphatic heterocycles. The van der Waals surface area contributed by atoms with Gasteiger partial charge in [-0.15, -0.1) is 0 Å². The number of hydrogen-bond donors (Lipinski definition) is 5. The predicted molar refractivity (Wildman–Crippen MR) is 197 cm³/mol. The molecule has 15 nitrogen and oxygen atoms in total. The topological polar surface area (TPSA) is 217 Å². The van der Waals surface area contributed by atoms with Gasteiger partial charge in [-0.25, -0.2) is 9.78 Å². The van der Waals surface area contributed by atoms with Crippen molar-refractivity contribution in [3.63, 3.8) is 0 Å². The third kappa shape index (κ3) is 11.2. The van der Waals surface area contributed by atoms with E-state index in [9.17, 15) is 38.7 Å². The summed E-state index contributed by atoms with van der Waals surface area (Å²) < 4.78 is 0. The Labute approximate surface area is 315 Å². The molecule has 1 aliphatic carbocycles. The molecule has 1 aromatic heterocycles. The lowest BCUT2D eigenvalue weighted by molar-refractivity contribution is -0.146. The predicted octanol–water partition coefficient (Wildman–Crippen LogP) is 2.06. The van der Waals surface area contributed by atoms with Crippen LogP contribution in [0.2, 0.25) is 0 Å². The number of nitrogens with one attached hydrogen (secondary N) is 4. The molecular weight excluding hydrogens is 694 g/mol. The molecule has 2 aliphatic rings. The zero-order valence-corrected chi connectivity index (χ0v) is 31.6. The molecule has 2 aromatic rings. The number of nitrogens with zero attached hydrogens (tertiary/aromatic N) is 3. The first-order chi connectivity index (χ1) is 25.7. The van der Waals surface area contributed by atoms with Crippen molar-refractivity contribution in [2.45, 2.75) is 110 Å². The van der Waals surface area contributed by atoms with E-state index in [1.54, 1.807) is 65.0 Å². The first kappa shape index (κ1) is 41.5. The average molecular weight is 748 g/mol. The number of carbonyl (C=O) groups is 7. The molecule has 2 fully saturated rings. The molecule has 0 bridgehead atoms. The zero-order chi connectivity index (χ0) is 39.5. The Bertz CT molecular complexity index is 1650. The van der Waals surface area contributed by atoms with Gasteiger partial charge in [0.05, 0.1) is 12.2 Å². The minimum Gasteiger partial charge on any atom is -0.480 e. The molecule has 5 N–H and O–H groups in total. The van der Waals surface area contributed by atoms with Crippen LogP contribution in [0.15, 0.2) is 48.9 Å². The molecule has 15 heteroatoms. The second-order valence-corrected chi connectivity index (χ2v) is 15.0.